The van der Waals surface area contributed by atoms with Crippen molar-refractivity contribution in [2.75, 3.05) is 32.7 Å². The van der Waals surface area contributed by atoms with E-state index in [1.54, 1.807) is 62.3 Å². The van der Waals surface area contributed by atoms with Gasteiger partial charge in [0.2, 0.25) is 0 Å². The molecule has 0 rings (SSSR count). The summed E-state index contributed by atoms with van der Waals surface area (Å²) in [5.74, 6) is -0.694. The van der Waals surface area contributed by atoms with Crippen molar-refractivity contribution in [2.45, 2.75) is 111 Å². The lowest BCUT2D eigenvalue weighted by atomic mass is 10.1. The number of carbonyl (C=O) groups is 3. The molecule has 0 aliphatic carbocycles. The van der Waals surface area contributed by atoms with Crippen LogP contribution < -0.4 is 16.4 Å². The van der Waals surface area contributed by atoms with Crippen LogP contribution in [0.1, 0.15) is 88.0 Å². The minimum absolute atomic E-state index is 0. The molecular formula is C25H51ClN4O6. The molecule has 214 valence electrons. The zero-order valence-corrected chi connectivity index (χ0v) is 24.6. The Balaban J connectivity index is 0. The van der Waals surface area contributed by atoms with Gasteiger partial charge in [0.05, 0.1) is 0 Å². The van der Waals surface area contributed by atoms with Gasteiger partial charge in [0.1, 0.15) is 22.8 Å². The van der Waals surface area contributed by atoms with Crippen molar-refractivity contribution in [1.29, 1.82) is 0 Å². The molecule has 10 nitrogen and oxygen atoms in total. The average molecular weight is 539 g/mol. The van der Waals surface area contributed by atoms with Gasteiger partial charge in [0.25, 0.3) is 0 Å². The minimum Gasteiger partial charge on any atom is -0.458 e. The second-order valence-corrected chi connectivity index (χ2v) is 11.5. The summed E-state index contributed by atoms with van der Waals surface area (Å²) in [5, 5.41) is 6.61. The van der Waals surface area contributed by atoms with Crippen LogP contribution in [0.4, 0.5) is 9.59 Å². The van der Waals surface area contributed by atoms with Crippen LogP contribution in [0.2, 0.25) is 0 Å². The van der Waals surface area contributed by atoms with E-state index in [0.717, 1.165) is 43.8 Å². The second-order valence-electron chi connectivity index (χ2n) is 11.5. The Kier molecular flexibility index (Phi) is 17.2. The van der Waals surface area contributed by atoms with Crippen molar-refractivity contribution in [3.8, 4) is 0 Å². The van der Waals surface area contributed by atoms with Gasteiger partial charge < -0.3 is 30.6 Å². The molecule has 0 saturated heterocycles. The van der Waals surface area contributed by atoms with Crippen LogP contribution in [0.5, 0.6) is 0 Å². The molecule has 1 atom stereocenters. The first kappa shape index (κ1) is 36.5. The molecule has 2 amide bonds. The number of hydrogen-bond acceptors (Lipinski definition) is 9. The number of amides is 2. The van der Waals surface area contributed by atoms with E-state index in [9.17, 15) is 14.4 Å². The van der Waals surface area contributed by atoms with Gasteiger partial charge >= 0.3 is 18.2 Å². The standard InChI is InChI=1S/C25H50N4O6.ClH/c1-23(2,3)33-20(30)19(13-18-28-16-11-10-15-27-17-12-14-26)29(21(31)34-24(4,5)6)22(32)35-25(7,8)9;/h19,27-28H,10-18,26H2,1-9H3;1H. The first-order chi connectivity index (χ1) is 16.0. The molecular weight excluding hydrogens is 488 g/mol. The van der Waals surface area contributed by atoms with Crippen LogP contribution in [0.3, 0.4) is 0 Å². The van der Waals surface area contributed by atoms with E-state index >= 15 is 0 Å². The van der Waals surface area contributed by atoms with Crippen molar-refractivity contribution in [3.05, 3.63) is 0 Å². The predicted molar refractivity (Wildman–Crippen MR) is 144 cm³/mol. The highest BCUT2D eigenvalue weighted by molar-refractivity contribution is 5.94. The summed E-state index contributed by atoms with van der Waals surface area (Å²) in [4.78, 5) is 39.9. The lowest BCUT2D eigenvalue weighted by Crippen LogP contribution is -2.54. The molecule has 0 aromatic rings. The van der Waals surface area contributed by atoms with Gasteiger partial charge in [0.15, 0.2) is 0 Å². The number of esters is 1. The Hall–Kier alpha value is -1.62. The summed E-state index contributed by atoms with van der Waals surface area (Å²) in [5.41, 5.74) is 2.94. The molecule has 4 N–H and O–H groups in total. The number of nitrogens with one attached hydrogen (secondary N) is 2. The zero-order valence-electron chi connectivity index (χ0n) is 23.8. The van der Waals surface area contributed by atoms with Crippen LogP contribution in [0, 0.1) is 0 Å². The average Bonchev–Trinajstić information content (AvgIpc) is 2.64. The largest absolute Gasteiger partial charge is 0.458 e. The molecule has 0 aromatic heterocycles. The Morgan fingerprint density at radius 2 is 1.08 bits per heavy atom. The van der Waals surface area contributed by atoms with Gasteiger partial charge in [0, 0.05) is 0 Å². The number of imide groups is 1. The predicted octanol–water partition coefficient (Wildman–Crippen LogP) is 3.99. The Morgan fingerprint density at radius 1 is 0.694 bits per heavy atom. The molecule has 11 heteroatoms. The quantitative estimate of drug-likeness (QED) is 0.181. The minimum atomic E-state index is -1.20. The van der Waals surface area contributed by atoms with Gasteiger partial charge in [-0.1, -0.05) is 0 Å². The smallest absolute Gasteiger partial charge is 0.420 e. The van der Waals surface area contributed by atoms with E-state index in [2.05, 4.69) is 10.6 Å². The third-order valence-electron chi connectivity index (χ3n) is 4.28. The molecule has 0 heterocycles. The van der Waals surface area contributed by atoms with Crippen molar-refractivity contribution in [1.82, 2.24) is 15.5 Å². The van der Waals surface area contributed by atoms with E-state index in [0.29, 0.717) is 13.1 Å². The van der Waals surface area contributed by atoms with E-state index in [-0.39, 0.29) is 18.8 Å². The number of nitrogens with two attached hydrogens (primary N) is 1. The third kappa shape index (κ3) is 18.6. The fraction of sp³-hybridized carbons (Fsp3) is 0.880. The van der Waals surface area contributed by atoms with Crippen LogP contribution in [-0.4, -0.2) is 78.6 Å². The maximum absolute atomic E-state index is 13.1. The van der Waals surface area contributed by atoms with Crippen LogP contribution in [-0.2, 0) is 19.0 Å². The van der Waals surface area contributed by atoms with Crippen LogP contribution in [0.15, 0.2) is 0 Å². The number of unbranched alkanes of at least 4 members (excludes halogenated alkanes) is 1. The van der Waals surface area contributed by atoms with Gasteiger partial charge in [-0.05, 0) is 121 Å². The van der Waals surface area contributed by atoms with Crippen molar-refractivity contribution in [3.63, 3.8) is 0 Å². The number of halogens is 1. The van der Waals surface area contributed by atoms with Crippen LogP contribution >= 0.6 is 12.4 Å². The molecule has 0 saturated carbocycles. The normalized spacial score (nSPS) is 12.8. The van der Waals surface area contributed by atoms with E-state index < -0.39 is 41.0 Å². The highest BCUT2D eigenvalue weighted by atomic mass is 35.5. The van der Waals surface area contributed by atoms with Gasteiger partial charge in [-0.3, -0.25) is 0 Å². The maximum atomic E-state index is 13.1. The molecule has 36 heavy (non-hydrogen) atoms. The maximum Gasteiger partial charge on any atom is 0.420 e. The summed E-state index contributed by atoms with van der Waals surface area (Å²) in [6.45, 7) is 18.9. The van der Waals surface area contributed by atoms with E-state index in [1.165, 1.54) is 0 Å². The molecule has 1 unspecified atom stereocenters. The van der Waals surface area contributed by atoms with Gasteiger partial charge in [-0.25, -0.2) is 14.4 Å². The van der Waals surface area contributed by atoms with Gasteiger partial charge in [-0.2, -0.15) is 4.90 Å². The van der Waals surface area contributed by atoms with E-state index in [4.69, 9.17) is 19.9 Å². The molecule has 0 spiro atoms. The summed E-state index contributed by atoms with van der Waals surface area (Å²) < 4.78 is 16.4. The first-order valence-electron chi connectivity index (χ1n) is 12.6. The highest BCUT2D eigenvalue weighted by Crippen LogP contribution is 2.20. The van der Waals surface area contributed by atoms with Crippen molar-refractivity contribution >= 4 is 30.6 Å². The molecule has 0 bridgehead atoms. The lowest BCUT2D eigenvalue weighted by Gasteiger charge is -2.33. The number of nitrogens with zero attached hydrogens (tertiary/aromatic N) is 1. The Bertz CT molecular complexity index is 628. The topological polar surface area (TPSA) is 132 Å². The van der Waals surface area contributed by atoms with E-state index in [1.807, 2.05) is 0 Å². The molecule has 0 aromatic carbocycles. The summed E-state index contributed by atoms with van der Waals surface area (Å²) in [6.07, 6.45) is 1.14. The summed E-state index contributed by atoms with van der Waals surface area (Å²) in [6, 6.07) is -1.20. The zero-order chi connectivity index (χ0) is 27.3. The number of rotatable bonds is 13. The third-order valence-corrected chi connectivity index (χ3v) is 4.28. The Morgan fingerprint density at radius 3 is 1.47 bits per heavy atom. The first-order valence-corrected chi connectivity index (χ1v) is 12.6. The molecule has 0 aliphatic rings. The fourth-order valence-electron chi connectivity index (χ4n) is 2.89. The fourth-order valence-corrected chi connectivity index (χ4v) is 2.89. The van der Waals surface area contributed by atoms with Gasteiger partial charge in [-0.15, -0.1) is 12.4 Å². The molecule has 0 radical (unpaired) electrons. The summed E-state index contributed by atoms with van der Waals surface area (Å²) >= 11 is 0. The number of hydrogen-bond donors (Lipinski definition) is 3. The molecule has 0 fully saturated rings. The van der Waals surface area contributed by atoms with Crippen molar-refractivity contribution < 1.29 is 28.6 Å². The second kappa shape index (κ2) is 17.0. The Labute approximate surface area is 224 Å². The SMILES string of the molecule is CC(C)(C)OC(=O)C(CCNCCCCNCCCN)N(C(=O)OC(C)(C)C)C(=O)OC(C)(C)C.Cl. The number of ether oxygens (including phenoxy) is 3. The lowest BCUT2D eigenvalue weighted by molar-refractivity contribution is -0.161. The van der Waals surface area contributed by atoms with Crippen molar-refractivity contribution in [2.24, 2.45) is 5.73 Å². The highest BCUT2D eigenvalue weighted by Gasteiger charge is 2.41. The summed E-state index contributed by atoms with van der Waals surface area (Å²) in [7, 11) is 0. The van der Waals surface area contributed by atoms with Crippen LogP contribution in [0.25, 0.3) is 0 Å². The number of carbonyl (C=O) groups excluding carboxylic acids is 3. The monoisotopic (exact) mass is 538 g/mol. The molecule has 0 aliphatic heterocycles.